The van der Waals surface area contributed by atoms with E-state index in [0.29, 0.717) is 6.04 Å². The van der Waals surface area contributed by atoms with E-state index in [-0.39, 0.29) is 5.56 Å². The van der Waals surface area contributed by atoms with Crippen molar-refractivity contribution in [2.75, 3.05) is 19.1 Å². The largest absolute Gasteiger partial charge is 0.478 e. The van der Waals surface area contributed by atoms with Crippen molar-refractivity contribution in [3.8, 4) is 0 Å². The fourth-order valence-corrected chi connectivity index (χ4v) is 2.65. The maximum atomic E-state index is 10.7. The molecule has 1 aromatic heterocycles. The third-order valence-corrected chi connectivity index (χ3v) is 3.65. The average Bonchev–Trinajstić information content (AvgIpc) is 2.36. The van der Waals surface area contributed by atoms with E-state index in [1.165, 1.54) is 6.20 Å². The minimum absolute atomic E-state index is 0.234. The van der Waals surface area contributed by atoms with E-state index in [1.807, 2.05) is 11.8 Å². The molecular formula is C13H20N2O2S. The van der Waals surface area contributed by atoms with E-state index in [1.54, 1.807) is 12.1 Å². The van der Waals surface area contributed by atoms with E-state index in [0.717, 1.165) is 24.4 Å². The average molecular weight is 268 g/mol. The Morgan fingerprint density at radius 2 is 2.28 bits per heavy atom. The van der Waals surface area contributed by atoms with Crippen molar-refractivity contribution in [1.29, 1.82) is 0 Å². The van der Waals surface area contributed by atoms with Crippen molar-refractivity contribution in [3.63, 3.8) is 0 Å². The van der Waals surface area contributed by atoms with E-state index in [9.17, 15) is 4.79 Å². The quantitative estimate of drug-likeness (QED) is 0.822. The van der Waals surface area contributed by atoms with Crippen LogP contribution in [0.25, 0.3) is 0 Å². The molecule has 5 heteroatoms. The predicted octanol–water partition coefficient (Wildman–Crippen LogP) is 2.35. The number of pyridine rings is 1. The van der Waals surface area contributed by atoms with E-state index in [2.05, 4.69) is 30.1 Å². The van der Waals surface area contributed by atoms with Gasteiger partial charge in [0.05, 0.1) is 11.3 Å². The van der Waals surface area contributed by atoms with Crippen LogP contribution >= 0.6 is 11.8 Å². The number of carboxylic acids is 1. The molecule has 1 heterocycles. The molecule has 1 rings (SSSR count). The lowest BCUT2D eigenvalue weighted by Crippen LogP contribution is -2.32. The molecule has 1 unspecified atom stereocenters. The highest BCUT2D eigenvalue weighted by Crippen LogP contribution is 2.11. The smallest absolute Gasteiger partial charge is 0.337 e. The third-order valence-electron chi connectivity index (χ3n) is 2.94. The zero-order chi connectivity index (χ0) is 13.5. The first kappa shape index (κ1) is 15.0. The van der Waals surface area contributed by atoms with Gasteiger partial charge in [-0.3, -0.25) is 9.88 Å². The number of aromatic nitrogens is 1. The highest BCUT2D eigenvalue weighted by molar-refractivity contribution is 7.98. The van der Waals surface area contributed by atoms with Gasteiger partial charge in [-0.2, -0.15) is 11.8 Å². The molecule has 0 aliphatic rings. The first-order valence-electron chi connectivity index (χ1n) is 5.95. The number of thioether (sulfide) groups is 1. The maximum Gasteiger partial charge on any atom is 0.337 e. The van der Waals surface area contributed by atoms with E-state index >= 15 is 0 Å². The molecule has 18 heavy (non-hydrogen) atoms. The molecule has 0 spiro atoms. The van der Waals surface area contributed by atoms with Crippen LogP contribution in [0.15, 0.2) is 18.3 Å². The van der Waals surface area contributed by atoms with Gasteiger partial charge in [0.15, 0.2) is 0 Å². The lowest BCUT2D eigenvalue weighted by Gasteiger charge is -2.26. The van der Waals surface area contributed by atoms with Gasteiger partial charge in [0.1, 0.15) is 0 Å². The maximum absolute atomic E-state index is 10.7. The normalized spacial score (nSPS) is 12.7. The molecule has 1 N–H and O–H groups in total. The zero-order valence-electron chi connectivity index (χ0n) is 11.1. The molecule has 0 radical (unpaired) electrons. The van der Waals surface area contributed by atoms with Crippen LogP contribution in [0.5, 0.6) is 0 Å². The van der Waals surface area contributed by atoms with Crippen LogP contribution < -0.4 is 0 Å². The molecule has 0 aromatic carbocycles. The SMILES string of the molecule is CCC(CSC)N(C)Cc1ccc(C(=O)O)cn1. The Kier molecular flexibility index (Phi) is 6.15. The second kappa shape index (κ2) is 7.38. The minimum Gasteiger partial charge on any atom is -0.478 e. The topological polar surface area (TPSA) is 53.4 Å². The van der Waals surface area contributed by atoms with Crippen molar-refractivity contribution in [1.82, 2.24) is 9.88 Å². The van der Waals surface area contributed by atoms with Crippen molar-refractivity contribution in [2.24, 2.45) is 0 Å². The Morgan fingerprint density at radius 3 is 2.72 bits per heavy atom. The van der Waals surface area contributed by atoms with Gasteiger partial charge in [-0.05, 0) is 31.9 Å². The number of carboxylic acid groups (broad SMARTS) is 1. The fraction of sp³-hybridized carbons (Fsp3) is 0.538. The first-order chi connectivity index (χ1) is 8.58. The van der Waals surface area contributed by atoms with Crippen LogP contribution in [0.1, 0.15) is 29.4 Å². The summed E-state index contributed by atoms with van der Waals surface area (Å²) < 4.78 is 0. The monoisotopic (exact) mass is 268 g/mol. The Balaban J connectivity index is 2.63. The first-order valence-corrected chi connectivity index (χ1v) is 7.35. The van der Waals surface area contributed by atoms with Gasteiger partial charge >= 0.3 is 5.97 Å². The summed E-state index contributed by atoms with van der Waals surface area (Å²) in [4.78, 5) is 17.2. The Hall–Kier alpha value is -1.07. The van der Waals surface area contributed by atoms with Crippen LogP contribution in [-0.4, -0.2) is 46.1 Å². The number of rotatable bonds is 7. The molecule has 0 bridgehead atoms. The standard InChI is InChI=1S/C13H20N2O2S/c1-4-12(9-18-3)15(2)8-11-6-5-10(7-14-11)13(16)17/h5-7,12H,4,8-9H2,1-3H3,(H,16,17). The van der Waals surface area contributed by atoms with Gasteiger partial charge in [0.2, 0.25) is 0 Å². The molecule has 0 saturated heterocycles. The molecule has 0 fully saturated rings. The Morgan fingerprint density at radius 1 is 1.56 bits per heavy atom. The van der Waals surface area contributed by atoms with E-state index in [4.69, 9.17) is 5.11 Å². The van der Waals surface area contributed by atoms with Crippen LogP contribution in [0.2, 0.25) is 0 Å². The summed E-state index contributed by atoms with van der Waals surface area (Å²) in [6.07, 6.45) is 4.63. The molecule has 0 amide bonds. The number of aromatic carboxylic acids is 1. The Bertz CT molecular complexity index is 381. The van der Waals surface area contributed by atoms with Crippen LogP contribution in [0.3, 0.4) is 0 Å². The van der Waals surface area contributed by atoms with Crippen molar-refractivity contribution in [3.05, 3.63) is 29.6 Å². The number of hydrogen-bond donors (Lipinski definition) is 1. The van der Waals surface area contributed by atoms with Crippen molar-refractivity contribution in [2.45, 2.75) is 25.9 Å². The Labute approximate surface area is 112 Å². The van der Waals surface area contributed by atoms with Crippen LogP contribution in [-0.2, 0) is 6.54 Å². The molecule has 100 valence electrons. The molecule has 0 saturated carbocycles. The molecule has 1 aromatic rings. The number of carbonyl (C=O) groups is 1. The number of nitrogens with zero attached hydrogens (tertiary/aromatic N) is 2. The highest BCUT2D eigenvalue weighted by Gasteiger charge is 2.13. The predicted molar refractivity (Wildman–Crippen MR) is 75.1 cm³/mol. The summed E-state index contributed by atoms with van der Waals surface area (Å²) in [5.74, 6) is 0.163. The van der Waals surface area contributed by atoms with Crippen LogP contribution in [0.4, 0.5) is 0 Å². The van der Waals surface area contributed by atoms with Crippen molar-refractivity contribution < 1.29 is 9.90 Å². The lowest BCUT2D eigenvalue weighted by atomic mass is 10.2. The molecule has 1 atom stereocenters. The van der Waals surface area contributed by atoms with Gasteiger partial charge in [-0.15, -0.1) is 0 Å². The van der Waals surface area contributed by atoms with Gasteiger partial charge in [-0.25, -0.2) is 4.79 Å². The summed E-state index contributed by atoms with van der Waals surface area (Å²) in [5, 5.41) is 8.80. The van der Waals surface area contributed by atoms with Crippen molar-refractivity contribution >= 4 is 17.7 Å². The molecular weight excluding hydrogens is 248 g/mol. The van der Waals surface area contributed by atoms with Gasteiger partial charge in [-0.1, -0.05) is 6.92 Å². The second-order valence-corrected chi connectivity index (χ2v) is 5.19. The fourth-order valence-electron chi connectivity index (χ4n) is 1.78. The number of hydrogen-bond acceptors (Lipinski definition) is 4. The van der Waals surface area contributed by atoms with Crippen LogP contribution in [0, 0.1) is 0 Å². The summed E-state index contributed by atoms with van der Waals surface area (Å²) in [7, 11) is 2.08. The highest BCUT2D eigenvalue weighted by atomic mass is 32.2. The molecule has 0 aliphatic heterocycles. The van der Waals surface area contributed by atoms with Gasteiger partial charge in [0, 0.05) is 24.5 Å². The molecule has 0 aliphatic carbocycles. The minimum atomic E-state index is -0.934. The van der Waals surface area contributed by atoms with Gasteiger partial charge in [0.25, 0.3) is 0 Å². The second-order valence-electron chi connectivity index (χ2n) is 4.28. The summed E-state index contributed by atoms with van der Waals surface area (Å²) >= 11 is 1.84. The molecule has 4 nitrogen and oxygen atoms in total. The summed E-state index contributed by atoms with van der Waals surface area (Å²) in [5.41, 5.74) is 1.14. The summed E-state index contributed by atoms with van der Waals surface area (Å²) in [6.45, 7) is 2.93. The lowest BCUT2D eigenvalue weighted by molar-refractivity contribution is 0.0696. The van der Waals surface area contributed by atoms with Gasteiger partial charge < -0.3 is 5.11 Å². The third kappa shape index (κ3) is 4.31. The summed E-state index contributed by atoms with van der Waals surface area (Å²) in [6, 6.07) is 3.92. The van der Waals surface area contributed by atoms with E-state index < -0.39 is 5.97 Å². The zero-order valence-corrected chi connectivity index (χ0v) is 11.9.